The Morgan fingerprint density at radius 2 is 2.07 bits per heavy atom. The summed E-state index contributed by atoms with van der Waals surface area (Å²) in [5.41, 5.74) is 1.01. The molecule has 15 heavy (non-hydrogen) atoms. The first kappa shape index (κ1) is 11.8. The molecule has 0 atom stereocenters. The minimum absolute atomic E-state index is 0.199. The number of hydrogen-bond donors (Lipinski definition) is 1. The van der Waals surface area contributed by atoms with Crippen LogP contribution in [0.5, 0.6) is 0 Å². The molecule has 1 aromatic rings. The number of nitrogens with zero attached hydrogens (tertiary/aromatic N) is 2. The minimum Gasteiger partial charge on any atom is -0.476 e. The normalized spacial score (nSPS) is 10.9. The Balaban J connectivity index is 3.06. The van der Waals surface area contributed by atoms with E-state index >= 15 is 0 Å². The van der Waals surface area contributed by atoms with E-state index in [0.717, 1.165) is 18.4 Å². The fraction of sp³-hybridized carbons (Fsp3) is 0.636. The van der Waals surface area contributed by atoms with Crippen molar-refractivity contribution >= 4 is 5.97 Å². The molecule has 0 radical (unpaired) electrons. The highest BCUT2D eigenvalue weighted by Gasteiger charge is 2.17. The highest BCUT2D eigenvalue weighted by Crippen LogP contribution is 2.17. The molecule has 0 bridgehead atoms. The summed E-state index contributed by atoms with van der Waals surface area (Å²) >= 11 is 0. The van der Waals surface area contributed by atoms with Gasteiger partial charge in [0.25, 0.3) is 0 Å². The van der Waals surface area contributed by atoms with Crippen molar-refractivity contribution in [1.29, 1.82) is 0 Å². The van der Waals surface area contributed by atoms with Crippen LogP contribution in [0.25, 0.3) is 0 Å². The predicted molar refractivity (Wildman–Crippen MR) is 58.2 cm³/mol. The maximum atomic E-state index is 10.9. The molecule has 0 unspecified atom stereocenters. The number of aromatic carboxylic acids is 1. The van der Waals surface area contributed by atoms with Gasteiger partial charge < -0.3 is 5.11 Å². The second kappa shape index (κ2) is 4.96. The lowest BCUT2D eigenvalue weighted by atomic mass is 10.2. The molecular formula is C11H18N2O2. The summed E-state index contributed by atoms with van der Waals surface area (Å²) in [4.78, 5) is 10.9. The highest BCUT2D eigenvalue weighted by atomic mass is 16.4. The summed E-state index contributed by atoms with van der Waals surface area (Å²) in [7, 11) is 0. The highest BCUT2D eigenvalue weighted by molar-refractivity contribution is 5.86. The number of carboxylic acids is 1. The van der Waals surface area contributed by atoms with Crippen LogP contribution < -0.4 is 0 Å². The first-order valence-corrected chi connectivity index (χ1v) is 5.45. The second-order valence-corrected chi connectivity index (χ2v) is 3.61. The average Bonchev–Trinajstić information content (AvgIpc) is 2.64. The predicted octanol–water partition coefficient (Wildman–Crippen LogP) is 2.50. The van der Waals surface area contributed by atoms with Crippen LogP contribution in [-0.4, -0.2) is 20.9 Å². The van der Waals surface area contributed by atoms with Crippen LogP contribution in [0.3, 0.4) is 0 Å². The fourth-order valence-corrected chi connectivity index (χ4v) is 1.72. The number of rotatable bonds is 5. The van der Waals surface area contributed by atoms with Crippen LogP contribution in [0.1, 0.15) is 55.7 Å². The quantitative estimate of drug-likeness (QED) is 0.812. The van der Waals surface area contributed by atoms with E-state index in [1.807, 2.05) is 13.1 Å². The molecule has 1 heterocycles. The molecule has 4 nitrogen and oxygen atoms in total. The van der Waals surface area contributed by atoms with Gasteiger partial charge in [0.05, 0.1) is 6.04 Å². The molecule has 4 heteroatoms. The molecule has 0 aliphatic rings. The number of hydrogen-bond acceptors (Lipinski definition) is 2. The maximum Gasteiger partial charge on any atom is 0.356 e. The zero-order valence-corrected chi connectivity index (χ0v) is 9.53. The average molecular weight is 210 g/mol. The zero-order chi connectivity index (χ0) is 11.4. The van der Waals surface area contributed by atoms with Crippen LogP contribution >= 0.6 is 0 Å². The smallest absolute Gasteiger partial charge is 0.356 e. The summed E-state index contributed by atoms with van der Waals surface area (Å²) in [6.45, 7) is 6.12. The minimum atomic E-state index is -0.934. The molecule has 0 fully saturated rings. The maximum absolute atomic E-state index is 10.9. The summed E-state index contributed by atoms with van der Waals surface area (Å²) in [6.07, 6.45) is 4.52. The van der Waals surface area contributed by atoms with Gasteiger partial charge in [-0.05, 0) is 19.3 Å². The standard InChI is InChI=1S/C11H18N2O2/c1-4-8-7-13(9(5-2)6-3)12-10(8)11(14)15/h7,9H,4-6H2,1-3H3,(H,14,15). The molecule has 0 spiro atoms. The topological polar surface area (TPSA) is 55.1 Å². The Kier molecular flexibility index (Phi) is 3.88. The lowest BCUT2D eigenvalue weighted by Crippen LogP contribution is -2.09. The Morgan fingerprint density at radius 1 is 1.47 bits per heavy atom. The van der Waals surface area contributed by atoms with E-state index in [1.54, 1.807) is 4.68 Å². The van der Waals surface area contributed by atoms with Gasteiger partial charge >= 0.3 is 5.97 Å². The summed E-state index contributed by atoms with van der Waals surface area (Å²) in [6, 6.07) is 0.309. The first-order chi connectivity index (χ1) is 7.13. The molecule has 0 saturated carbocycles. The van der Waals surface area contributed by atoms with Crippen LogP contribution in [-0.2, 0) is 6.42 Å². The van der Waals surface area contributed by atoms with Gasteiger partial charge in [-0.3, -0.25) is 4.68 Å². The second-order valence-electron chi connectivity index (χ2n) is 3.61. The lowest BCUT2D eigenvalue weighted by Gasteiger charge is -2.12. The van der Waals surface area contributed by atoms with E-state index < -0.39 is 5.97 Å². The van der Waals surface area contributed by atoms with E-state index in [2.05, 4.69) is 18.9 Å². The third-order valence-corrected chi connectivity index (χ3v) is 2.71. The molecule has 1 rings (SSSR count). The lowest BCUT2D eigenvalue weighted by molar-refractivity contribution is 0.0688. The third-order valence-electron chi connectivity index (χ3n) is 2.71. The summed E-state index contributed by atoms with van der Waals surface area (Å²) in [5, 5.41) is 13.1. The van der Waals surface area contributed by atoms with Crippen molar-refractivity contribution in [2.75, 3.05) is 0 Å². The van der Waals surface area contributed by atoms with E-state index in [-0.39, 0.29) is 5.69 Å². The van der Waals surface area contributed by atoms with E-state index in [9.17, 15) is 4.79 Å². The van der Waals surface area contributed by atoms with Crippen molar-refractivity contribution in [1.82, 2.24) is 9.78 Å². The van der Waals surface area contributed by atoms with Gasteiger partial charge in [0.15, 0.2) is 5.69 Å². The van der Waals surface area contributed by atoms with E-state index in [1.165, 1.54) is 0 Å². The van der Waals surface area contributed by atoms with Crippen LogP contribution in [0, 0.1) is 0 Å². The van der Waals surface area contributed by atoms with Crippen molar-refractivity contribution in [3.63, 3.8) is 0 Å². The molecule has 0 aliphatic carbocycles. The van der Waals surface area contributed by atoms with Crippen molar-refractivity contribution < 1.29 is 9.90 Å². The first-order valence-electron chi connectivity index (χ1n) is 5.45. The van der Waals surface area contributed by atoms with Crippen LogP contribution in [0.4, 0.5) is 0 Å². The summed E-state index contributed by atoms with van der Waals surface area (Å²) < 4.78 is 1.79. The van der Waals surface area contributed by atoms with Gasteiger partial charge in [-0.2, -0.15) is 5.10 Å². The Morgan fingerprint density at radius 3 is 2.40 bits per heavy atom. The largest absolute Gasteiger partial charge is 0.476 e. The molecule has 0 amide bonds. The molecule has 1 aromatic heterocycles. The Labute approximate surface area is 89.9 Å². The van der Waals surface area contributed by atoms with Gasteiger partial charge in [0.1, 0.15) is 0 Å². The molecule has 0 aromatic carbocycles. The van der Waals surface area contributed by atoms with E-state index in [4.69, 9.17) is 5.11 Å². The third kappa shape index (κ3) is 2.37. The number of aromatic nitrogens is 2. The molecular weight excluding hydrogens is 192 g/mol. The SMILES string of the molecule is CCc1cn(C(CC)CC)nc1C(=O)O. The number of carboxylic acid groups (broad SMARTS) is 1. The fourth-order valence-electron chi connectivity index (χ4n) is 1.72. The van der Waals surface area contributed by atoms with Crippen molar-refractivity contribution in [3.8, 4) is 0 Å². The monoisotopic (exact) mass is 210 g/mol. The number of carbonyl (C=O) groups is 1. The van der Waals surface area contributed by atoms with Crippen molar-refractivity contribution in [2.45, 2.75) is 46.1 Å². The molecule has 84 valence electrons. The Bertz CT molecular complexity index is 340. The van der Waals surface area contributed by atoms with Crippen molar-refractivity contribution in [3.05, 3.63) is 17.5 Å². The zero-order valence-electron chi connectivity index (χ0n) is 9.53. The van der Waals surface area contributed by atoms with Gasteiger partial charge in [-0.15, -0.1) is 0 Å². The Hall–Kier alpha value is -1.32. The van der Waals surface area contributed by atoms with Gasteiger partial charge in [0, 0.05) is 11.8 Å². The van der Waals surface area contributed by atoms with Crippen LogP contribution in [0.2, 0.25) is 0 Å². The van der Waals surface area contributed by atoms with E-state index in [0.29, 0.717) is 12.5 Å². The van der Waals surface area contributed by atoms with Gasteiger partial charge in [-0.25, -0.2) is 4.79 Å². The summed E-state index contributed by atoms with van der Waals surface area (Å²) in [5.74, 6) is -0.934. The molecule has 0 saturated heterocycles. The van der Waals surface area contributed by atoms with Crippen molar-refractivity contribution in [2.24, 2.45) is 0 Å². The van der Waals surface area contributed by atoms with Gasteiger partial charge in [0.2, 0.25) is 0 Å². The number of aryl methyl sites for hydroxylation is 1. The van der Waals surface area contributed by atoms with Gasteiger partial charge in [-0.1, -0.05) is 20.8 Å². The molecule has 0 aliphatic heterocycles. The van der Waals surface area contributed by atoms with Crippen LogP contribution in [0.15, 0.2) is 6.20 Å². The molecule has 1 N–H and O–H groups in total.